The fourth-order valence-corrected chi connectivity index (χ4v) is 2.94. The molecule has 18 heavy (non-hydrogen) atoms. The standard InChI is InChI=1S/C10H14BrN3O3S/c1-13-10(15)4-5-14-18(16,17)9-6-7(11)2-3-8(9)12/h2-3,6,14H,4-5,12H2,1H3,(H,13,15). The van der Waals surface area contributed by atoms with Gasteiger partial charge in [-0.25, -0.2) is 13.1 Å². The molecule has 100 valence electrons. The summed E-state index contributed by atoms with van der Waals surface area (Å²) in [6.45, 7) is 0.0218. The third-order valence-electron chi connectivity index (χ3n) is 2.19. The zero-order valence-electron chi connectivity index (χ0n) is 9.73. The minimum Gasteiger partial charge on any atom is -0.398 e. The van der Waals surface area contributed by atoms with Crippen LogP contribution in [0.4, 0.5) is 5.69 Å². The number of amides is 1. The van der Waals surface area contributed by atoms with Gasteiger partial charge in [0.1, 0.15) is 4.90 Å². The van der Waals surface area contributed by atoms with E-state index in [-0.39, 0.29) is 29.5 Å². The van der Waals surface area contributed by atoms with Crippen LogP contribution in [0, 0.1) is 0 Å². The maximum Gasteiger partial charge on any atom is 0.242 e. The molecule has 0 fully saturated rings. The number of rotatable bonds is 5. The molecule has 0 unspecified atom stereocenters. The van der Waals surface area contributed by atoms with Gasteiger partial charge in [0.2, 0.25) is 15.9 Å². The molecule has 0 aromatic heterocycles. The summed E-state index contributed by atoms with van der Waals surface area (Å²) in [5, 5.41) is 2.41. The number of carbonyl (C=O) groups is 1. The predicted molar refractivity (Wildman–Crippen MR) is 72.4 cm³/mol. The van der Waals surface area contributed by atoms with Gasteiger partial charge in [0, 0.05) is 24.5 Å². The molecule has 0 aliphatic carbocycles. The van der Waals surface area contributed by atoms with Crippen molar-refractivity contribution in [2.45, 2.75) is 11.3 Å². The van der Waals surface area contributed by atoms with Gasteiger partial charge in [-0.15, -0.1) is 0 Å². The SMILES string of the molecule is CNC(=O)CCNS(=O)(=O)c1cc(Br)ccc1N. The van der Waals surface area contributed by atoms with Crippen LogP contribution in [-0.4, -0.2) is 27.9 Å². The van der Waals surface area contributed by atoms with Gasteiger partial charge in [-0.1, -0.05) is 15.9 Å². The van der Waals surface area contributed by atoms with Crippen molar-refractivity contribution in [3.63, 3.8) is 0 Å². The quantitative estimate of drug-likeness (QED) is 0.680. The van der Waals surface area contributed by atoms with E-state index in [1.807, 2.05) is 0 Å². The normalized spacial score (nSPS) is 11.2. The van der Waals surface area contributed by atoms with E-state index in [0.717, 1.165) is 0 Å². The van der Waals surface area contributed by atoms with Gasteiger partial charge in [0.25, 0.3) is 0 Å². The highest BCUT2D eigenvalue weighted by Crippen LogP contribution is 2.22. The lowest BCUT2D eigenvalue weighted by molar-refractivity contribution is -0.120. The summed E-state index contributed by atoms with van der Waals surface area (Å²) >= 11 is 3.18. The molecule has 0 spiro atoms. The number of hydrogen-bond donors (Lipinski definition) is 3. The smallest absolute Gasteiger partial charge is 0.242 e. The van der Waals surface area contributed by atoms with Gasteiger partial charge in [0.05, 0.1) is 5.69 Å². The molecule has 4 N–H and O–H groups in total. The molecule has 0 saturated carbocycles. The molecule has 0 radical (unpaired) electrons. The minimum absolute atomic E-state index is 0.00576. The summed E-state index contributed by atoms with van der Waals surface area (Å²) in [5.41, 5.74) is 5.77. The average molecular weight is 336 g/mol. The van der Waals surface area contributed by atoms with E-state index in [2.05, 4.69) is 26.0 Å². The lowest BCUT2D eigenvalue weighted by Crippen LogP contribution is -2.29. The number of benzene rings is 1. The zero-order chi connectivity index (χ0) is 13.8. The summed E-state index contributed by atoms with van der Waals surface area (Å²) in [6.07, 6.45) is 0.0731. The predicted octanol–water partition coefficient (Wildman–Crippen LogP) is 0.446. The van der Waals surface area contributed by atoms with E-state index in [9.17, 15) is 13.2 Å². The van der Waals surface area contributed by atoms with Crippen LogP contribution in [0.15, 0.2) is 27.6 Å². The van der Waals surface area contributed by atoms with Crippen molar-refractivity contribution in [3.05, 3.63) is 22.7 Å². The van der Waals surface area contributed by atoms with Gasteiger partial charge in [-0.3, -0.25) is 4.79 Å². The van der Waals surface area contributed by atoms with Crippen LogP contribution in [0.2, 0.25) is 0 Å². The Morgan fingerprint density at radius 1 is 1.44 bits per heavy atom. The molecule has 1 aromatic carbocycles. The largest absolute Gasteiger partial charge is 0.398 e. The fourth-order valence-electron chi connectivity index (χ4n) is 1.24. The number of nitrogens with two attached hydrogens (primary N) is 1. The Morgan fingerprint density at radius 3 is 2.72 bits per heavy atom. The number of halogens is 1. The van der Waals surface area contributed by atoms with Crippen LogP contribution in [0.5, 0.6) is 0 Å². The van der Waals surface area contributed by atoms with Crippen molar-refractivity contribution in [1.29, 1.82) is 0 Å². The van der Waals surface area contributed by atoms with Crippen molar-refractivity contribution < 1.29 is 13.2 Å². The molecule has 1 amide bonds. The van der Waals surface area contributed by atoms with E-state index >= 15 is 0 Å². The van der Waals surface area contributed by atoms with Crippen molar-refractivity contribution in [2.24, 2.45) is 0 Å². The second-order valence-corrected chi connectivity index (χ2v) is 6.15. The molecule has 0 bridgehead atoms. The third kappa shape index (κ3) is 3.97. The molecule has 0 aliphatic heterocycles. The minimum atomic E-state index is -3.70. The van der Waals surface area contributed by atoms with Crippen LogP contribution >= 0.6 is 15.9 Å². The molecule has 8 heteroatoms. The fraction of sp³-hybridized carbons (Fsp3) is 0.300. The molecular weight excluding hydrogens is 322 g/mol. The maximum atomic E-state index is 11.9. The summed E-state index contributed by atoms with van der Waals surface area (Å²) in [6, 6.07) is 4.56. The molecule has 0 heterocycles. The van der Waals surface area contributed by atoms with Crippen LogP contribution < -0.4 is 15.8 Å². The lowest BCUT2D eigenvalue weighted by Gasteiger charge is -2.09. The third-order valence-corrected chi connectivity index (χ3v) is 4.20. The molecule has 1 aromatic rings. The van der Waals surface area contributed by atoms with Gasteiger partial charge >= 0.3 is 0 Å². The summed E-state index contributed by atoms with van der Waals surface area (Å²) < 4.78 is 26.8. The van der Waals surface area contributed by atoms with Crippen LogP contribution in [-0.2, 0) is 14.8 Å². The Bertz CT molecular complexity index is 545. The highest BCUT2D eigenvalue weighted by Gasteiger charge is 2.17. The van der Waals surface area contributed by atoms with E-state index in [1.54, 1.807) is 6.07 Å². The summed E-state index contributed by atoms with van der Waals surface area (Å²) in [4.78, 5) is 11.0. The number of nitrogen functional groups attached to an aromatic ring is 1. The van der Waals surface area contributed by atoms with Crippen LogP contribution in [0.3, 0.4) is 0 Å². The Hall–Kier alpha value is -1.12. The first-order valence-electron chi connectivity index (χ1n) is 5.12. The zero-order valence-corrected chi connectivity index (χ0v) is 12.1. The van der Waals surface area contributed by atoms with Gasteiger partial charge in [-0.2, -0.15) is 0 Å². The van der Waals surface area contributed by atoms with E-state index in [4.69, 9.17) is 5.73 Å². The van der Waals surface area contributed by atoms with Crippen LogP contribution in [0.1, 0.15) is 6.42 Å². The number of anilines is 1. The monoisotopic (exact) mass is 335 g/mol. The highest BCUT2D eigenvalue weighted by atomic mass is 79.9. The van der Waals surface area contributed by atoms with E-state index < -0.39 is 10.0 Å². The molecule has 0 atom stereocenters. The lowest BCUT2D eigenvalue weighted by atomic mass is 10.3. The van der Waals surface area contributed by atoms with E-state index in [1.165, 1.54) is 19.2 Å². The van der Waals surface area contributed by atoms with Crippen molar-refractivity contribution in [3.8, 4) is 0 Å². The Balaban J connectivity index is 2.80. The Labute approximate surface area is 114 Å². The molecular formula is C10H14BrN3O3S. The highest BCUT2D eigenvalue weighted by molar-refractivity contribution is 9.10. The average Bonchev–Trinajstić information content (AvgIpc) is 2.31. The molecule has 0 aliphatic rings. The topological polar surface area (TPSA) is 101 Å². The van der Waals surface area contributed by atoms with Crippen LogP contribution in [0.25, 0.3) is 0 Å². The van der Waals surface area contributed by atoms with Crippen molar-refractivity contribution in [1.82, 2.24) is 10.0 Å². The first kappa shape index (κ1) is 14.9. The number of sulfonamides is 1. The number of carbonyl (C=O) groups excluding carboxylic acids is 1. The van der Waals surface area contributed by atoms with Crippen molar-refractivity contribution >= 4 is 37.5 Å². The van der Waals surface area contributed by atoms with E-state index in [0.29, 0.717) is 4.47 Å². The summed E-state index contributed by atoms with van der Waals surface area (Å²) in [5.74, 6) is -0.236. The number of nitrogens with one attached hydrogen (secondary N) is 2. The Kier molecular flexibility index (Phi) is 5.12. The summed E-state index contributed by atoms with van der Waals surface area (Å²) in [7, 11) is -2.21. The van der Waals surface area contributed by atoms with Gasteiger partial charge < -0.3 is 11.1 Å². The maximum absolute atomic E-state index is 11.9. The molecule has 6 nitrogen and oxygen atoms in total. The van der Waals surface area contributed by atoms with Crippen molar-refractivity contribution in [2.75, 3.05) is 19.3 Å². The van der Waals surface area contributed by atoms with Gasteiger partial charge in [-0.05, 0) is 18.2 Å². The second-order valence-electron chi connectivity index (χ2n) is 3.50. The first-order chi connectivity index (χ1) is 8.36. The molecule has 1 rings (SSSR count). The first-order valence-corrected chi connectivity index (χ1v) is 7.39. The molecule has 0 saturated heterocycles. The Morgan fingerprint density at radius 2 is 2.11 bits per heavy atom. The second kappa shape index (κ2) is 6.17. The number of hydrogen-bond acceptors (Lipinski definition) is 4. The van der Waals surface area contributed by atoms with Gasteiger partial charge in [0.15, 0.2) is 0 Å².